The number of thioether (sulfide) groups is 1. The minimum absolute atomic E-state index is 0.670. The molecule has 0 saturated carbocycles. The second kappa shape index (κ2) is 3.92. The van der Waals surface area contributed by atoms with Crippen LogP contribution in [0.4, 0.5) is 22.0 Å². The summed E-state index contributed by atoms with van der Waals surface area (Å²) in [6.07, 6.45) is -1.84. The quantitative estimate of drug-likeness (QED) is 0.619. The third-order valence-electron chi connectivity index (χ3n) is 1.67. The minimum atomic E-state index is -4.84. The molecule has 0 aromatic carbocycles. The van der Waals surface area contributed by atoms with Gasteiger partial charge in [0.1, 0.15) is 5.83 Å². The van der Waals surface area contributed by atoms with Gasteiger partial charge in [-0.1, -0.05) is 6.08 Å². The van der Waals surface area contributed by atoms with Gasteiger partial charge < -0.3 is 0 Å². The van der Waals surface area contributed by atoms with Gasteiger partial charge in [-0.25, -0.2) is 8.78 Å². The van der Waals surface area contributed by atoms with Crippen molar-refractivity contribution in [1.82, 2.24) is 0 Å². The Balaban J connectivity index is 3.06. The Hall–Kier alpha value is -0.520. The lowest BCUT2D eigenvalue weighted by atomic mass is 10.0. The molecule has 0 bridgehead atoms. The van der Waals surface area contributed by atoms with Crippen LogP contribution in [0.25, 0.3) is 0 Å². The highest BCUT2D eigenvalue weighted by molar-refractivity contribution is 7.99. The summed E-state index contributed by atoms with van der Waals surface area (Å²) < 4.78 is 61.8. The van der Waals surface area contributed by atoms with E-state index in [9.17, 15) is 22.0 Å². The monoisotopic (exact) mass is 229 g/mol. The Morgan fingerprint density at radius 2 is 1.86 bits per heavy atom. The van der Waals surface area contributed by atoms with Crippen molar-refractivity contribution in [3.63, 3.8) is 0 Å². The largest absolute Gasteiger partial charge is 0.419 e. The number of rotatable bonds is 1. The lowest BCUT2D eigenvalue weighted by molar-refractivity contribution is -0.0917. The number of hydrogen-bond acceptors (Lipinski definition) is 1. The maximum absolute atomic E-state index is 12.7. The molecular formula is C8H6F5S. The van der Waals surface area contributed by atoms with Gasteiger partial charge in [-0.3, -0.25) is 0 Å². The lowest BCUT2D eigenvalue weighted by Gasteiger charge is -2.19. The number of allylic oxidation sites excluding steroid dienone is 3. The summed E-state index contributed by atoms with van der Waals surface area (Å²) in [7, 11) is 0. The molecule has 0 saturated heterocycles. The number of hydrogen-bond donors (Lipinski definition) is 0. The molecule has 1 rings (SSSR count). The zero-order valence-electron chi connectivity index (χ0n) is 7.03. The summed E-state index contributed by atoms with van der Waals surface area (Å²) >= 11 is 0.999. The Morgan fingerprint density at radius 3 is 2.29 bits per heavy atom. The molecule has 0 amide bonds. The molecule has 1 aliphatic rings. The van der Waals surface area contributed by atoms with E-state index in [0.29, 0.717) is 6.08 Å². The first-order chi connectivity index (χ1) is 6.36. The van der Waals surface area contributed by atoms with Crippen LogP contribution in [0.15, 0.2) is 23.3 Å². The van der Waals surface area contributed by atoms with E-state index in [1.165, 1.54) is 6.26 Å². The third-order valence-corrected chi connectivity index (χ3v) is 2.48. The van der Waals surface area contributed by atoms with E-state index in [4.69, 9.17) is 0 Å². The van der Waals surface area contributed by atoms with Crippen molar-refractivity contribution in [2.24, 2.45) is 0 Å². The molecule has 1 aliphatic carbocycles. The van der Waals surface area contributed by atoms with Crippen LogP contribution in [0, 0.1) is 6.42 Å². The summed E-state index contributed by atoms with van der Waals surface area (Å²) in [5.74, 6) is -3.28. The van der Waals surface area contributed by atoms with Gasteiger partial charge >= 0.3 is 6.18 Å². The zero-order valence-corrected chi connectivity index (χ0v) is 7.85. The van der Waals surface area contributed by atoms with Gasteiger partial charge in [-0.05, 0) is 6.26 Å². The van der Waals surface area contributed by atoms with Gasteiger partial charge in [0.2, 0.25) is 0 Å². The molecule has 0 aromatic rings. The molecule has 79 valence electrons. The van der Waals surface area contributed by atoms with Crippen molar-refractivity contribution in [3.8, 4) is 0 Å². The van der Waals surface area contributed by atoms with E-state index in [-0.39, 0.29) is 0 Å². The van der Waals surface area contributed by atoms with Crippen molar-refractivity contribution in [1.29, 1.82) is 0 Å². The van der Waals surface area contributed by atoms with Crippen LogP contribution in [0.1, 0.15) is 0 Å². The third kappa shape index (κ3) is 2.29. The van der Waals surface area contributed by atoms with Crippen LogP contribution in [0.2, 0.25) is 0 Å². The Kier molecular flexibility index (Phi) is 3.24. The average Bonchev–Trinajstić information content (AvgIpc) is 2.07. The summed E-state index contributed by atoms with van der Waals surface area (Å²) in [6, 6.07) is 0. The molecule has 0 nitrogen and oxygen atoms in total. The molecule has 0 heterocycles. The molecule has 1 radical (unpaired) electrons. The lowest BCUT2D eigenvalue weighted by Crippen LogP contribution is -2.19. The van der Waals surface area contributed by atoms with Crippen LogP contribution in [-0.2, 0) is 0 Å². The van der Waals surface area contributed by atoms with Gasteiger partial charge in [0.05, 0.1) is 5.57 Å². The molecule has 1 unspecified atom stereocenters. The summed E-state index contributed by atoms with van der Waals surface area (Å²) in [4.78, 5) is 0. The highest BCUT2D eigenvalue weighted by Gasteiger charge is 2.40. The second-order valence-corrected chi connectivity index (χ2v) is 3.62. The molecule has 1 atom stereocenters. The van der Waals surface area contributed by atoms with Crippen molar-refractivity contribution in [3.05, 3.63) is 29.7 Å². The first-order valence-corrected chi connectivity index (χ1v) is 4.87. The van der Waals surface area contributed by atoms with E-state index in [1.807, 2.05) is 0 Å². The molecule has 0 aromatic heterocycles. The Labute approximate surface area is 81.9 Å². The minimum Gasteiger partial charge on any atom is -0.208 e. The van der Waals surface area contributed by atoms with Gasteiger partial charge in [0.25, 0.3) is 0 Å². The Bertz CT molecular complexity index is 289. The standard InChI is InChI=1S/C8H6F5S/c1-14-4-2-5(8(11,12)13)7(10)6(9)3-4/h2-4H,1H3. The van der Waals surface area contributed by atoms with Crippen LogP contribution in [-0.4, -0.2) is 17.7 Å². The summed E-state index contributed by atoms with van der Waals surface area (Å²) in [5, 5.41) is -0.772. The van der Waals surface area contributed by atoms with Gasteiger partial charge in [-0.15, -0.1) is 0 Å². The topological polar surface area (TPSA) is 0 Å². The Morgan fingerprint density at radius 1 is 1.29 bits per heavy atom. The molecule has 14 heavy (non-hydrogen) atoms. The average molecular weight is 229 g/mol. The summed E-state index contributed by atoms with van der Waals surface area (Å²) in [5.41, 5.74) is -1.53. The zero-order chi connectivity index (χ0) is 10.9. The first kappa shape index (κ1) is 11.6. The molecule has 0 N–H and O–H groups in total. The maximum atomic E-state index is 12.7. The fourth-order valence-electron chi connectivity index (χ4n) is 0.987. The van der Waals surface area contributed by atoms with Crippen molar-refractivity contribution in [2.75, 3.05) is 6.26 Å². The predicted octanol–water partition coefficient (Wildman–Crippen LogP) is 3.58. The van der Waals surface area contributed by atoms with E-state index < -0.39 is 28.7 Å². The number of halogens is 5. The van der Waals surface area contributed by atoms with Gasteiger partial charge in [-0.2, -0.15) is 24.9 Å². The SMILES string of the molecule is CSC1[CH]C(F)=C(F)C(C(F)(F)F)=C1. The molecule has 0 fully saturated rings. The molecule has 6 heteroatoms. The van der Waals surface area contributed by atoms with Gasteiger partial charge in [0.15, 0.2) is 5.83 Å². The van der Waals surface area contributed by atoms with Crippen LogP contribution in [0.5, 0.6) is 0 Å². The highest BCUT2D eigenvalue weighted by Crippen LogP contribution is 2.39. The maximum Gasteiger partial charge on any atom is 0.419 e. The molecule has 0 spiro atoms. The fourth-order valence-corrected chi connectivity index (χ4v) is 1.51. The predicted molar refractivity (Wildman–Crippen MR) is 45.0 cm³/mol. The summed E-state index contributed by atoms with van der Waals surface area (Å²) in [6.45, 7) is 0. The van der Waals surface area contributed by atoms with Gasteiger partial charge in [0, 0.05) is 11.7 Å². The van der Waals surface area contributed by atoms with Crippen molar-refractivity contribution < 1.29 is 22.0 Å². The number of alkyl halides is 3. The van der Waals surface area contributed by atoms with E-state index in [0.717, 1.165) is 18.2 Å². The van der Waals surface area contributed by atoms with Crippen LogP contribution in [0.3, 0.4) is 0 Å². The van der Waals surface area contributed by atoms with Crippen molar-refractivity contribution in [2.45, 2.75) is 11.4 Å². The second-order valence-electron chi connectivity index (χ2n) is 2.61. The fraction of sp³-hybridized carbons (Fsp3) is 0.375. The van der Waals surface area contributed by atoms with Crippen LogP contribution < -0.4 is 0 Å². The molecule has 0 aliphatic heterocycles. The molecular weight excluding hydrogens is 223 g/mol. The normalized spacial score (nSPS) is 23.9. The smallest absolute Gasteiger partial charge is 0.208 e. The van der Waals surface area contributed by atoms with Crippen LogP contribution >= 0.6 is 11.8 Å². The van der Waals surface area contributed by atoms with E-state index >= 15 is 0 Å². The van der Waals surface area contributed by atoms with E-state index in [2.05, 4.69) is 0 Å². The van der Waals surface area contributed by atoms with E-state index in [1.54, 1.807) is 0 Å². The highest BCUT2D eigenvalue weighted by atomic mass is 32.2. The first-order valence-electron chi connectivity index (χ1n) is 3.58. The van der Waals surface area contributed by atoms with Crippen molar-refractivity contribution >= 4 is 11.8 Å².